The van der Waals surface area contributed by atoms with Crippen LogP contribution in [0.25, 0.3) is 0 Å². The topological polar surface area (TPSA) is 368 Å². The third-order valence-electron chi connectivity index (χ3n) is 9.30. The quantitative estimate of drug-likeness (QED) is 0.0165. The van der Waals surface area contributed by atoms with Gasteiger partial charge in [-0.3, -0.25) is 24.0 Å². The van der Waals surface area contributed by atoms with Crippen molar-refractivity contribution >= 4 is 168 Å². The number of aromatic hydroxyl groups is 3. The fraction of sp³-hybridized carbons (Fsp3) is 0.453. The average Bonchev–Trinajstić information content (AvgIpc) is 2.09. The summed E-state index contributed by atoms with van der Waals surface area (Å²) in [5.74, 6) is 1.50. The molecule has 3 aromatic rings. The zero-order valence-electron chi connectivity index (χ0n) is 56.8. The van der Waals surface area contributed by atoms with Crippen LogP contribution < -0.4 is 300 Å². The van der Waals surface area contributed by atoms with Gasteiger partial charge in [-0.15, -0.1) is 0 Å². The number of phenolic OH excluding ortho intramolecular Hbond substituents is 3. The second-order valence-corrected chi connectivity index (χ2v) is 24.3. The summed E-state index contributed by atoms with van der Waals surface area (Å²) in [5.41, 5.74) is 3.71. The number of aryl methyl sites for hydroxylation is 6. The Hall–Kier alpha value is 4.32. The minimum atomic E-state index is -2.95. The van der Waals surface area contributed by atoms with Crippen LogP contribution in [0.3, 0.4) is 0 Å². The van der Waals surface area contributed by atoms with Crippen molar-refractivity contribution < 1.29 is 393 Å². The number of carbonyl (C=O) groups excluding carboxylic acids is 7. The molecule has 0 saturated carbocycles. The molecule has 0 saturated heterocycles. The maximum absolute atomic E-state index is 11.7. The summed E-state index contributed by atoms with van der Waals surface area (Å²) in [6.07, 6.45) is 2.75. The Kier molecular flexibility index (Phi) is 86.0. The van der Waals surface area contributed by atoms with Gasteiger partial charge in [0.05, 0.1) is 27.9 Å². The zero-order chi connectivity index (χ0) is 68.2. The van der Waals surface area contributed by atoms with E-state index in [9.17, 15) is 29.1 Å². The van der Waals surface area contributed by atoms with Gasteiger partial charge in [0, 0.05) is 27.1 Å². The molecule has 0 unspecified atom stereocenters. The Morgan fingerprint density at radius 1 is 0.517 bits per heavy atom. The number of hydrogen-bond donors (Lipinski definition) is 3. The van der Waals surface area contributed by atoms with Crippen molar-refractivity contribution in [2.24, 2.45) is 0 Å². The van der Waals surface area contributed by atoms with Gasteiger partial charge in [-0.05, 0) is 179 Å². The number of halogens is 4. The van der Waals surface area contributed by atoms with Crippen LogP contribution in [-0.2, 0) is 76.1 Å². The van der Waals surface area contributed by atoms with Gasteiger partial charge in [-0.2, -0.15) is 16.8 Å². The zero-order valence-corrected chi connectivity index (χ0v) is 91.9. The summed E-state index contributed by atoms with van der Waals surface area (Å²) >= 11 is 15.7. The van der Waals surface area contributed by atoms with E-state index in [1.165, 1.54) is 77.1 Å². The summed E-state index contributed by atoms with van der Waals surface area (Å²) in [6, 6.07) is 10.2. The van der Waals surface area contributed by atoms with Crippen LogP contribution >= 0.6 is 63.7 Å². The fourth-order valence-corrected chi connectivity index (χ4v) is 5.30. The maximum atomic E-state index is 11.7. The number of hydrogen-bond acceptors (Lipinski definition) is 24. The van der Waals surface area contributed by atoms with Crippen LogP contribution in [0.4, 0.5) is 0 Å². The van der Waals surface area contributed by atoms with Gasteiger partial charge in [0.1, 0.15) is 38.8 Å². The monoisotopic (exact) mass is 2050 g/mol. The molecule has 4 rings (SSSR count). The normalized spacial score (nSPS) is 10.2. The van der Waals surface area contributed by atoms with Crippen LogP contribution in [0.1, 0.15) is 91.6 Å². The van der Waals surface area contributed by atoms with Crippen molar-refractivity contribution in [3.8, 4) is 34.5 Å². The Balaban J connectivity index is -0.0000000803. The van der Waals surface area contributed by atoms with E-state index in [2.05, 4.69) is 83.0 Å². The molecule has 0 bridgehead atoms. The van der Waals surface area contributed by atoms with Gasteiger partial charge in [0.15, 0.2) is 22.8 Å². The number of rotatable bonds is 13. The molecule has 0 heterocycles. The average molecular weight is 2060 g/mol. The molecule has 0 amide bonds. The molecule has 476 valence electrons. The molecule has 0 atom stereocenters. The van der Waals surface area contributed by atoms with E-state index in [4.69, 9.17) is 66.1 Å². The Morgan fingerprint density at radius 2 is 0.764 bits per heavy atom. The number of allylic oxidation sites excluding steroid dienone is 4. The Labute approximate surface area is 825 Å². The van der Waals surface area contributed by atoms with Crippen molar-refractivity contribution in [2.45, 2.75) is 112 Å². The fourth-order valence-electron chi connectivity index (χ4n) is 4.98. The number of methoxy groups -OCH3 is 3. The molecule has 0 spiro atoms. The summed E-state index contributed by atoms with van der Waals surface area (Å²) in [6.45, 7) is 24.6. The van der Waals surface area contributed by atoms with Gasteiger partial charge >= 0.3 is 356 Å². The molecule has 3 N–H and O–H groups in total. The molecule has 89 heavy (non-hydrogen) atoms. The number of ketones is 2. The van der Waals surface area contributed by atoms with E-state index in [0.717, 1.165) is 38.4 Å². The molecule has 0 fully saturated rings. The summed E-state index contributed by atoms with van der Waals surface area (Å²) < 4.78 is 66.7. The number of phenols is 3. The van der Waals surface area contributed by atoms with Gasteiger partial charge in [0.2, 0.25) is 0 Å². The molecule has 1 aliphatic rings. The standard InChI is InChI=1S/C15H21BrO4.C13H18O4.C8H10O2.C8H8O2.C5H9BrO2.C2H4Br2.2CH2O3.4Cs.2Na.O4S2.2H/c1-10-9-13(20-15(3,4)14(17)18-5)11(2)8-12(10)19-7-6-16;1-8-7-11(9(2)6-10(8)14)17-13(3,4)12(15)16-5;2*1-5-3-8(10)6(2)4-7(5)9;1-5(2,6)4(7)8-3;3-1-2-4;2*2-1-4-3;;;;;;;1-5(2)6(3)4;;/h8-9H,6-7H2,1-5H3;6-7,14H,1-5H3;3-4,9-10H,1-2H3;3-4H,1-2H3;1-3H3;1-2H2;2*1,3H;;;;;;;;;/q;;;;;;;;4*+1;;;;2*-1/p-2. The van der Waals surface area contributed by atoms with Crippen molar-refractivity contribution in [1.82, 2.24) is 0 Å². The van der Waals surface area contributed by atoms with E-state index in [1.807, 2.05) is 32.9 Å². The number of benzene rings is 3. The van der Waals surface area contributed by atoms with E-state index in [1.54, 1.807) is 100 Å². The van der Waals surface area contributed by atoms with Crippen LogP contribution in [0.2, 0.25) is 0 Å². The number of esters is 3. The van der Waals surface area contributed by atoms with Crippen molar-refractivity contribution in [2.75, 3.05) is 43.9 Å². The Morgan fingerprint density at radius 3 is 1.00 bits per heavy atom. The summed E-state index contributed by atoms with van der Waals surface area (Å²) in [7, 11) is -1.86. The molecule has 0 aromatic heterocycles. The van der Waals surface area contributed by atoms with Crippen LogP contribution in [0.15, 0.2) is 59.7 Å². The Bertz CT molecular complexity index is 2810. The molecular formula is C53H74Br4Cs4Na2O24S2. The number of ether oxygens (including phenoxy) is 6. The predicted octanol–water partition coefficient (Wildman–Crippen LogP) is -5.39. The van der Waals surface area contributed by atoms with E-state index >= 15 is 0 Å². The second kappa shape index (κ2) is 66.8. The molecule has 24 nitrogen and oxygen atoms in total. The molecule has 0 radical (unpaired) electrons. The number of carbonyl (C=O) groups is 7. The van der Waals surface area contributed by atoms with Crippen molar-refractivity contribution in [1.29, 1.82) is 0 Å². The van der Waals surface area contributed by atoms with Gasteiger partial charge in [-0.25, -0.2) is 9.59 Å². The van der Waals surface area contributed by atoms with Gasteiger partial charge in [0.25, 0.3) is 12.9 Å². The molecule has 1 aliphatic carbocycles. The molecule has 0 aliphatic heterocycles. The second-order valence-electron chi connectivity index (χ2n) is 17.5. The molecular weight excluding hydrogens is 1980 g/mol. The third kappa shape index (κ3) is 58.6. The SMILES string of the molecule is BrCCBr.CC1=CC(=O)C(C)=CC1=O.COC(=O)C(C)(C)Br.COC(=O)C(C)(C)Oc1cc(C)c(O)cc1C.COC(=O)C(C)(C)Oc1cc(C)c(OCCBr)cc1C.Cc1cc(O)c(C)cc1O.O=CO[O-].O=CO[O-].O=S(=O)=S(=O)=O.[Cs+].[Cs+].[Cs+].[Cs+].[H-].[H-].[Na][Na]. The van der Waals surface area contributed by atoms with Crippen LogP contribution in [-0.4, -0.2) is 178 Å². The van der Waals surface area contributed by atoms with E-state index in [0.29, 0.717) is 45.9 Å². The first kappa shape index (κ1) is 115. The van der Waals surface area contributed by atoms with Gasteiger partial charge in [-0.1, -0.05) is 63.7 Å². The predicted molar refractivity (Wildman–Crippen MR) is 331 cm³/mol. The summed E-state index contributed by atoms with van der Waals surface area (Å²) in [5, 5.41) is 47.5. The van der Waals surface area contributed by atoms with Crippen LogP contribution in [0.5, 0.6) is 34.5 Å². The first-order chi connectivity index (χ1) is 39.2. The van der Waals surface area contributed by atoms with Gasteiger partial charge < -0.3 is 66.9 Å². The van der Waals surface area contributed by atoms with Crippen molar-refractivity contribution in [3.05, 3.63) is 93.1 Å². The third-order valence-corrected chi connectivity index (χ3v) is 12.7. The van der Waals surface area contributed by atoms with Crippen LogP contribution in [0, 0.1) is 41.5 Å². The van der Waals surface area contributed by atoms with E-state index < -0.39 is 46.0 Å². The van der Waals surface area contributed by atoms with E-state index in [-0.39, 0.29) is 326 Å². The minimum absolute atomic E-state index is 0. The first-order valence-electron chi connectivity index (χ1n) is 24.3. The molecule has 3 aromatic carbocycles. The van der Waals surface area contributed by atoms with Crippen molar-refractivity contribution in [3.63, 3.8) is 0 Å². The number of alkyl halides is 4. The molecule has 36 heteroatoms. The first-order valence-corrected chi connectivity index (χ1v) is 39.1. The summed E-state index contributed by atoms with van der Waals surface area (Å²) in [4.78, 5) is 77.9.